The van der Waals surface area contributed by atoms with Gasteiger partial charge in [-0.3, -0.25) is 15.2 Å². The van der Waals surface area contributed by atoms with Crippen LogP contribution in [0.2, 0.25) is 0 Å². The first-order valence-corrected chi connectivity index (χ1v) is 9.31. The summed E-state index contributed by atoms with van der Waals surface area (Å²) in [4.78, 5) is 40.1. The second kappa shape index (κ2) is 11.5. The summed E-state index contributed by atoms with van der Waals surface area (Å²) in [6.07, 6.45) is 0.107. The first kappa shape index (κ1) is 24.5. The van der Waals surface area contributed by atoms with E-state index in [4.69, 9.17) is 20.9 Å². The standard InChI is InChI=1S/C19H30N6O5/c1-19(2,3)30-18(28)25-24-13-8-5-7-12(11-13)15(26)23-14(16(27)29-4)9-6-10-22-17(20)21/h5,7-8,11,14,24H,6,9-10H2,1-4H3,(H,23,26)(H,25,28)(H4,20,21,22). The van der Waals surface area contributed by atoms with Gasteiger partial charge in [0.1, 0.15) is 11.6 Å². The lowest BCUT2D eigenvalue weighted by molar-refractivity contribution is -0.143. The van der Waals surface area contributed by atoms with Crippen molar-refractivity contribution in [2.45, 2.75) is 45.3 Å². The van der Waals surface area contributed by atoms with Crippen LogP contribution in [0.15, 0.2) is 29.3 Å². The summed E-state index contributed by atoms with van der Waals surface area (Å²) in [5.41, 5.74) is 15.7. The fourth-order valence-corrected chi connectivity index (χ4v) is 2.30. The highest BCUT2D eigenvalue weighted by Gasteiger charge is 2.22. The lowest BCUT2D eigenvalue weighted by atomic mass is 10.1. The molecular formula is C19H30N6O5. The number of rotatable bonds is 9. The van der Waals surface area contributed by atoms with Gasteiger partial charge >= 0.3 is 12.1 Å². The van der Waals surface area contributed by atoms with Crippen LogP contribution in [0.5, 0.6) is 0 Å². The third kappa shape index (κ3) is 9.62. The molecule has 7 N–H and O–H groups in total. The highest BCUT2D eigenvalue weighted by Crippen LogP contribution is 2.12. The summed E-state index contributed by atoms with van der Waals surface area (Å²) in [6, 6.07) is 5.51. The molecule has 11 heteroatoms. The van der Waals surface area contributed by atoms with Gasteiger partial charge in [-0.15, -0.1) is 0 Å². The van der Waals surface area contributed by atoms with Crippen LogP contribution >= 0.6 is 0 Å². The summed E-state index contributed by atoms with van der Waals surface area (Å²) in [5.74, 6) is -1.10. The number of esters is 1. The molecule has 11 nitrogen and oxygen atoms in total. The van der Waals surface area contributed by atoms with Crippen LogP contribution in [0, 0.1) is 0 Å². The number of carbonyl (C=O) groups excluding carboxylic acids is 3. The Kier molecular flexibility index (Phi) is 9.40. The van der Waals surface area contributed by atoms with Crippen LogP contribution in [-0.2, 0) is 14.3 Å². The van der Waals surface area contributed by atoms with Crippen molar-refractivity contribution in [3.8, 4) is 0 Å². The maximum atomic E-state index is 12.6. The predicted octanol–water partition coefficient (Wildman–Crippen LogP) is 0.863. The highest BCUT2D eigenvalue weighted by molar-refractivity contribution is 5.97. The first-order chi connectivity index (χ1) is 14.0. The van der Waals surface area contributed by atoms with Gasteiger partial charge in [0.2, 0.25) is 0 Å². The van der Waals surface area contributed by atoms with Crippen molar-refractivity contribution < 1.29 is 23.9 Å². The molecule has 0 aliphatic rings. The van der Waals surface area contributed by atoms with Crippen molar-refractivity contribution in [1.29, 1.82) is 0 Å². The Labute approximate surface area is 175 Å². The molecule has 1 rings (SSSR count). The number of amides is 2. The minimum absolute atomic E-state index is 0.0436. The molecule has 1 atom stereocenters. The van der Waals surface area contributed by atoms with E-state index in [-0.39, 0.29) is 11.5 Å². The molecule has 1 aromatic rings. The topological polar surface area (TPSA) is 170 Å². The number of hydrogen-bond donors (Lipinski definition) is 5. The van der Waals surface area contributed by atoms with E-state index in [0.717, 1.165) is 0 Å². The summed E-state index contributed by atoms with van der Waals surface area (Å²) in [5, 5.41) is 2.63. The molecule has 166 valence electrons. The smallest absolute Gasteiger partial charge is 0.426 e. The number of carbonyl (C=O) groups is 3. The molecule has 0 saturated carbocycles. The third-order valence-corrected chi connectivity index (χ3v) is 3.57. The van der Waals surface area contributed by atoms with Crippen LogP contribution in [0.4, 0.5) is 10.5 Å². The SMILES string of the molecule is COC(=O)C(CCCN=C(N)N)NC(=O)c1cccc(NNC(=O)OC(C)(C)C)c1. The molecule has 0 bridgehead atoms. The first-order valence-electron chi connectivity index (χ1n) is 9.31. The largest absolute Gasteiger partial charge is 0.467 e. The Morgan fingerprint density at radius 1 is 1.20 bits per heavy atom. The van der Waals surface area contributed by atoms with Gasteiger partial charge in [0, 0.05) is 12.1 Å². The van der Waals surface area contributed by atoms with Crippen molar-refractivity contribution in [3.63, 3.8) is 0 Å². The molecular weight excluding hydrogens is 392 g/mol. The van der Waals surface area contributed by atoms with Crippen LogP contribution in [0.25, 0.3) is 0 Å². The van der Waals surface area contributed by atoms with Gasteiger partial charge in [-0.25, -0.2) is 15.0 Å². The quantitative estimate of drug-likeness (QED) is 0.128. The second-order valence-electron chi connectivity index (χ2n) is 7.33. The van der Waals surface area contributed by atoms with Crippen LogP contribution in [0.3, 0.4) is 0 Å². The minimum atomic E-state index is -0.854. The van der Waals surface area contributed by atoms with Crippen molar-refractivity contribution in [2.75, 3.05) is 19.1 Å². The molecule has 2 amide bonds. The van der Waals surface area contributed by atoms with E-state index in [1.165, 1.54) is 13.2 Å². The molecule has 30 heavy (non-hydrogen) atoms. The number of hydrogen-bond acceptors (Lipinski definition) is 7. The summed E-state index contributed by atoms with van der Waals surface area (Å²) < 4.78 is 9.86. The fraction of sp³-hybridized carbons (Fsp3) is 0.474. The van der Waals surface area contributed by atoms with E-state index in [1.54, 1.807) is 39.0 Å². The van der Waals surface area contributed by atoms with E-state index >= 15 is 0 Å². The van der Waals surface area contributed by atoms with Gasteiger partial charge in [-0.2, -0.15) is 0 Å². The molecule has 1 unspecified atom stereocenters. The molecule has 0 spiro atoms. The van der Waals surface area contributed by atoms with Gasteiger partial charge in [0.05, 0.1) is 12.8 Å². The zero-order valence-corrected chi connectivity index (χ0v) is 17.7. The average molecular weight is 422 g/mol. The zero-order chi connectivity index (χ0) is 22.7. The van der Waals surface area contributed by atoms with Gasteiger partial charge in [0.15, 0.2) is 5.96 Å². The van der Waals surface area contributed by atoms with Crippen LogP contribution < -0.4 is 27.6 Å². The van der Waals surface area contributed by atoms with Gasteiger partial charge in [0.25, 0.3) is 5.91 Å². The van der Waals surface area contributed by atoms with E-state index in [2.05, 4.69) is 21.2 Å². The zero-order valence-electron chi connectivity index (χ0n) is 17.7. The van der Waals surface area contributed by atoms with Crippen molar-refractivity contribution in [3.05, 3.63) is 29.8 Å². The molecule has 0 aromatic heterocycles. The third-order valence-electron chi connectivity index (χ3n) is 3.57. The molecule has 0 fully saturated rings. The molecule has 0 saturated heterocycles. The highest BCUT2D eigenvalue weighted by atomic mass is 16.6. The van der Waals surface area contributed by atoms with Crippen molar-refractivity contribution in [1.82, 2.24) is 10.7 Å². The molecule has 0 aliphatic carbocycles. The Hall–Kier alpha value is -3.50. The van der Waals surface area contributed by atoms with E-state index in [9.17, 15) is 14.4 Å². The lowest BCUT2D eigenvalue weighted by Crippen LogP contribution is -2.41. The Balaban J connectivity index is 2.71. The number of anilines is 1. The molecule has 0 aliphatic heterocycles. The molecule has 0 heterocycles. The average Bonchev–Trinajstić information content (AvgIpc) is 2.66. The Morgan fingerprint density at radius 3 is 2.50 bits per heavy atom. The number of benzene rings is 1. The summed E-state index contributed by atoms with van der Waals surface area (Å²) >= 11 is 0. The van der Waals surface area contributed by atoms with E-state index < -0.39 is 29.6 Å². The fourth-order valence-electron chi connectivity index (χ4n) is 2.30. The normalized spacial score (nSPS) is 11.6. The minimum Gasteiger partial charge on any atom is -0.467 e. The lowest BCUT2D eigenvalue weighted by Gasteiger charge is -2.20. The van der Waals surface area contributed by atoms with Gasteiger partial charge in [-0.05, 0) is 51.8 Å². The van der Waals surface area contributed by atoms with Crippen LogP contribution in [-0.4, -0.2) is 49.2 Å². The number of ether oxygens (including phenoxy) is 2. The van der Waals surface area contributed by atoms with Crippen LogP contribution in [0.1, 0.15) is 44.0 Å². The van der Waals surface area contributed by atoms with Gasteiger partial charge in [-0.1, -0.05) is 6.07 Å². The summed E-state index contributed by atoms with van der Waals surface area (Å²) in [7, 11) is 1.24. The monoisotopic (exact) mass is 422 g/mol. The number of hydrazine groups is 1. The Bertz CT molecular complexity index is 771. The predicted molar refractivity (Wildman–Crippen MR) is 113 cm³/mol. The van der Waals surface area contributed by atoms with Crippen molar-refractivity contribution >= 4 is 29.6 Å². The molecule has 1 aromatic carbocycles. The number of nitrogens with zero attached hydrogens (tertiary/aromatic N) is 1. The van der Waals surface area contributed by atoms with Gasteiger partial charge < -0.3 is 26.3 Å². The van der Waals surface area contributed by atoms with E-state index in [0.29, 0.717) is 25.1 Å². The number of guanidine groups is 1. The second-order valence-corrected chi connectivity index (χ2v) is 7.33. The van der Waals surface area contributed by atoms with Crippen molar-refractivity contribution in [2.24, 2.45) is 16.5 Å². The summed E-state index contributed by atoms with van der Waals surface area (Å²) in [6.45, 7) is 5.55. The van der Waals surface area contributed by atoms with E-state index in [1.807, 2.05) is 0 Å². The maximum absolute atomic E-state index is 12.6. The number of aliphatic imine (C=N–C) groups is 1. The number of nitrogens with one attached hydrogen (secondary N) is 3. The Morgan fingerprint density at radius 2 is 1.90 bits per heavy atom. The molecule has 0 radical (unpaired) electrons. The maximum Gasteiger partial charge on any atom is 0.426 e. The number of methoxy groups -OCH3 is 1. The number of nitrogens with two attached hydrogens (primary N) is 2.